The van der Waals surface area contributed by atoms with Crippen molar-refractivity contribution in [3.63, 3.8) is 0 Å². The Bertz CT molecular complexity index is 536. The SMILES string of the molecule is CCc1sc(C(=O)NNC(=O)CN2CCC(O)CC2)cc1C. The van der Waals surface area contributed by atoms with E-state index in [1.807, 2.05) is 17.9 Å². The molecule has 3 N–H and O–H groups in total. The lowest BCUT2D eigenvalue weighted by Gasteiger charge is -2.28. The number of nitrogens with one attached hydrogen (secondary N) is 2. The number of hydrazine groups is 1. The predicted octanol–water partition coefficient (Wildman–Crippen LogP) is 0.837. The van der Waals surface area contributed by atoms with Crippen molar-refractivity contribution >= 4 is 23.2 Å². The molecule has 7 heteroatoms. The van der Waals surface area contributed by atoms with Gasteiger partial charge in [-0.1, -0.05) is 6.92 Å². The summed E-state index contributed by atoms with van der Waals surface area (Å²) in [4.78, 5) is 27.6. The average Bonchev–Trinajstić information content (AvgIpc) is 2.88. The van der Waals surface area contributed by atoms with Crippen LogP contribution in [0.3, 0.4) is 0 Å². The van der Waals surface area contributed by atoms with E-state index in [9.17, 15) is 14.7 Å². The number of hydrogen-bond acceptors (Lipinski definition) is 5. The zero-order valence-electron chi connectivity index (χ0n) is 13.0. The van der Waals surface area contributed by atoms with Crippen molar-refractivity contribution in [3.8, 4) is 0 Å². The summed E-state index contributed by atoms with van der Waals surface area (Å²) >= 11 is 1.45. The van der Waals surface area contributed by atoms with Crippen LogP contribution < -0.4 is 10.9 Å². The molecule has 1 aromatic rings. The van der Waals surface area contributed by atoms with E-state index in [1.165, 1.54) is 16.2 Å². The van der Waals surface area contributed by atoms with Gasteiger partial charge in [0.1, 0.15) is 0 Å². The van der Waals surface area contributed by atoms with E-state index >= 15 is 0 Å². The van der Waals surface area contributed by atoms with Gasteiger partial charge in [-0.05, 0) is 37.8 Å². The first kappa shape index (κ1) is 16.9. The monoisotopic (exact) mass is 325 g/mol. The fraction of sp³-hybridized carbons (Fsp3) is 0.600. The third kappa shape index (κ3) is 4.53. The number of aliphatic hydroxyl groups excluding tert-OH is 1. The molecule has 1 saturated heterocycles. The fourth-order valence-corrected chi connectivity index (χ4v) is 3.50. The Morgan fingerprint density at radius 3 is 2.64 bits per heavy atom. The molecule has 1 aliphatic rings. The van der Waals surface area contributed by atoms with E-state index in [0.717, 1.165) is 12.0 Å². The van der Waals surface area contributed by atoms with Crippen molar-refractivity contribution in [2.24, 2.45) is 0 Å². The molecule has 0 aromatic carbocycles. The van der Waals surface area contributed by atoms with E-state index in [4.69, 9.17) is 0 Å². The lowest BCUT2D eigenvalue weighted by atomic mass is 10.1. The number of likely N-dealkylation sites (tertiary alicyclic amines) is 1. The zero-order chi connectivity index (χ0) is 16.1. The number of hydrogen-bond donors (Lipinski definition) is 3. The van der Waals surface area contributed by atoms with Gasteiger partial charge in [0.2, 0.25) is 0 Å². The van der Waals surface area contributed by atoms with Gasteiger partial charge in [-0.2, -0.15) is 0 Å². The molecule has 0 atom stereocenters. The molecular weight excluding hydrogens is 302 g/mol. The van der Waals surface area contributed by atoms with Crippen molar-refractivity contribution in [2.45, 2.75) is 39.2 Å². The smallest absolute Gasteiger partial charge is 0.279 e. The summed E-state index contributed by atoms with van der Waals surface area (Å²) in [7, 11) is 0. The highest BCUT2D eigenvalue weighted by Gasteiger charge is 2.19. The number of thiophene rings is 1. The Hall–Kier alpha value is -1.44. The minimum absolute atomic E-state index is 0.233. The van der Waals surface area contributed by atoms with E-state index in [-0.39, 0.29) is 24.5 Å². The summed E-state index contributed by atoms with van der Waals surface area (Å²) < 4.78 is 0. The normalized spacial score (nSPS) is 16.5. The number of aliphatic hydroxyl groups is 1. The van der Waals surface area contributed by atoms with Crippen molar-refractivity contribution in [1.29, 1.82) is 0 Å². The van der Waals surface area contributed by atoms with Gasteiger partial charge in [0.05, 0.1) is 17.5 Å². The first-order chi connectivity index (χ1) is 10.5. The van der Waals surface area contributed by atoms with Crippen LogP contribution in [0.2, 0.25) is 0 Å². The van der Waals surface area contributed by atoms with Crippen LogP contribution in [0.15, 0.2) is 6.07 Å². The van der Waals surface area contributed by atoms with Crippen molar-refractivity contribution in [3.05, 3.63) is 21.4 Å². The largest absolute Gasteiger partial charge is 0.393 e. The summed E-state index contributed by atoms with van der Waals surface area (Å²) in [6.07, 6.45) is 2.02. The minimum Gasteiger partial charge on any atom is -0.393 e. The third-order valence-electron chi connectivity index (χ3n) is 3.81. The Kier molecular flexibility index (Phi) is 5.93. The standard InChI is InChI=1S/C15H23N3O3S/c1-3-12-10(2)8-13(22-12)15(21)17-16-14(20)9-18-6-4-11(19)5-7-18/h8,11,19H,3-7,9H2,1-2H3,(H,16,20)(H,17,21). The molecular formula is C15H23N3O3S. The van der Waals surface area contributed by atoms with E-state index in [1.54, 1.807) is 0 Å². The summed E-state index contributed by atoms with van der Waals surface area (Å²) in [5.74, 6) is -0.524. The van der Waals surface area contributed by atoms with Crippen molar-refractivity contribution in [2.75, 3.05) is 19.6 Å². The van der Waals surface area contributed by atoms with Gasteiger partial charge < -0.3 is 5.11 Å². The van der Waals surface area contributed by atoms with Crippen LogP contribution in [0.1, 0.15) is 39.9 Å². The molecule has 2 amide bonds. The molecule has 22 heavy (non-hydrogen) atoms. The van der Waals surface area contributed by atoms with Crippen LogP contribution in [0.25, 0.3) is 0 Å². The van der Waals surface area contributed by atoms with Crippen LogP contribution in [0, 0.1) is 6.92 Å². The molecule has 6 nitrogen and oxygen atoms in total. The highest BCUT2D eigenvalue weighted by atomic mass is 32.1. The van der Waals surface area contributed by atoms with Crippen LogP contribution in [-0.2, 0) is 11.2 Å². The lowest BCUT2D eigenvalue weighted by molar-refractivity contribution is -0.123. The Morgan fingerprint density at radius 2 is 2.05 bits per heavy atom. The van der Waals surface area contributed by atoms with Gasteiger partial charge in [0.15, 0.2) is 0 Å². The number of carbonyl (C=O) groups is 2. The summed E-state index contributed by atoms with van der Waals surface area (Å²) in [5, 5.41) is 9.42. The lowest BCUT2D eigenvalue weighted by Crippen LogP contribution is -2.48. The zero-order valence-corrected chi connectivity index (χ0v) is 13.8. The topological polar surface area (TPSA) is 81.7 Å². The molecule has 2 rings (SSSR count). The quantitative estimate of drug-likeness (QED) is 0.717. The van der Waals surface area contributed by atoms with Crippen LogP contribution in [-0.4, -0.2) is 47.6 Å². The van der Waals surface area contributed by atoms with E-state index < -0.39 is 0 Å². The molecule has 2 heterocycles. The molecule has 0 unspecified atom stereocenters. The molecule has 0 saturated carbocycles. The second kappa shape index (κ2) is 7.71. The van der Waals surface area contributed by atoms with E-state index in [2.05, 4.69) is 17.8 Å². The Balaban J connectivity index is 1.76. The molecule has 1 aliphatic heterocycles. The predicted molar refractivity (Wildman–Crippen MR) is 85.7 cm³/mol. The molecule has 0 aliphatic carbocycles. The van der Waals surface area contributed by atoms with Crippen molar-refractivity contribution < 1.29 is 14.7 Å². The van der Waals surface area contributed by atoms with Gasteiger partial charge in [-0.3, -0.25) is 25.3 Å². The maximum absolute atomic E-state index is 12.0. The van der Waals surface area contributed by atoms with Gasteiger partial charge in [-0.15, -0.1) is 11.3 Å². The Morgan fingerprint density at radius 1 is 1.36 bits per heavy atom. The van der Waals surface area contributed by atoms with Gasteiger partial charge in [0.25, 0.3) is 11.8 Å². The van der Waals surface area contributed by atoms with Gasteiger partial charge >= 0.3 is 0 Å². The highest BCUT2D eigenvalue weighted by Crippen LogP contribution is 2.21. The van der Waals surface area contributed by atoms with E-state index in [0.29, 0.717) is 30.8 Å². The Labute approximate surface area is 134 Å². The summed E-state index contributed by atoms with van der Waals surface area (Å²) in [5.41, 5.74) is 6.02. The highest BCUT2D eigenvalue weighted by molar-refractivity contribution is 7.14. The number of piperidine rings is 1. The summed E-state index contributed by atoms with van der Waals surface area (Å²) in [6, 6.07) is 1.84. The maximum Gasteiger partial charge on any atom is 0.279 e. The fourth-order valence-electron chi connectivity index (χ4n) is 2.49. The number of aryl methyl sites for hydroxylation is 2. The van der Waals surface area contributed by atoms with Crippen LogP contribution in [0.5, 0.6) is 0 Å². The van der Waals surface area contributed by atoms with Crippen molar-refractivity contribution in [1.82, 2.24) is 15.8 Å². The first-order valence-corrected chi connectivity index (χ1v) is 8.40. The molecule has 0 spiro atoms. The second-order valence-corrected chi connectivity index (χ2v) is 6.72. The maximum atomic E-state index is 12.0. The second-order valence-electron chi connectivity index (χ2n) is 5.58. The first-order valence-electron chi connectivity index (χ1n) is 7.58. The molecule has 122 valence electrons. The summed E-state index contributed by atoms with van der Waals surface area (Å²) in [6.45, 7) is 5.67. The number of nitrogens with zero attached hydrogens (tertiary/aromatic N) is 1. The number of rotatable bonds is 4. The molecule has 0 radical (unpaired) electrons. The number of amides is 2. The van der Waals surface area contributed by atoms with Gasteiger partial charge in [0, 0.05) is 18.0 Å². The van der Waals surface area contributed by atoms with Crippen LogP contribution >= 0.6 is 11.3 Å². The average molecular weight is 325 g/mol. The number of carbonyl (C=O) groups excluding carboxylic acids is 2. The molecule has 1 aromatic heterocycles. The molecule has 1 fully saturated rings. The molecule has 0 bridgehead atoms. The third-order valence-corrected chi connectivity index (χ3v) is 5.19. The minimum atomic E-state index is -0.282. The van der Waals surface area contributed by atoms with Crippen LogP contribution in [0.4, 0.5) is 0 Å². The van der Waals surface area contributed by atoms with Gasteiger partial charge in [-0.25, -0.2) is 0 Å².